The maximum absolute atomic E-state index is 12.1. The van der Waals surface area contributed by atoms with Crippen LogP contribution in [0.3, 0.4) is 0 Å². The Balaban J connectivity index is 1.91. The Bertz CT molecular complexity index is 609. The fourth-order valence-corrected chi connectivity index (χ4v) is 3.16. The molecule has 1 unspecified atom stereocenters. The first-order valence-electron chi connectivity index (χ1n) is 6.51. The second-order valence-corrected chi connectivity index (χ2v) is 5.97. The molecular weight excluding hydrogens is 304 g/mol. The highest BCUT2D eigenvalue weighted by Gasteiger charge is 2.26. The molecule has 1 saturated heterocycles. The number of piperidine rings is 1. The highest BCUT2D eigenvalue weighted by atomic mass is 79.9. The molecule has 1 fully saturated rings. The molecule has 3 nitrogen and oxygen atoms in total. The highest BCUT2D eigenvalue weighted by Crippen LogP contribution is 2.23. The van der Waals surface area contributed by atoms with Gasteiger partial charge in [-0.3, -0.25) is 9.78 Å². The van der Waals surface area contributed by atoms with Crippen LogP contribution in [0.2, 0.25) is 0 Å². The van der Waals surface area contributed by atoms with Crippen LogP contribution in [0.5, 0.6) is 0 Å². The number of halogens is 1. The van der Waals surface area contributed by atoms with Crippen LogP contribution in [-0.4, -0.2) is 27.2 Å². The number of carbonyl (C=O) groups is 1. The van der Waals surface area contributed by atoms with Crippen LogP contribution >= 0.6 is 15.9 Å². The van der Waals surface area contributed by atoms with Gasteiger partial charge in [0, 0.05) is 24.7 Å². The summed E-state index contributed by atoms with van der Waals surface area (Å²) in [5.41, 5.74) is 2.11. The van der Waals surface area contributed by atoms with Crippen LogP contribution in [0.1, 0.15) is 18.4 Å². The fourth-order valence-electron chi connectivity index (χ4n) is 2.55. The Morgan fingerprint density at radius 2 is 2.16 bits per heavy atom. The van der Waals surface area contributed by atoms with Gasteiger partial charge in [-0.05, 0) is 24.5 Å². The molecule has 2 aromatic rings. The molecule has 2 heterocycles. The van der Waals surface area contributed by atoms with E-state index in [1.54, 1.807) is 6.20 Å². The fraction of sp³-hybridized carbons (Fsp3) is 0.333. The SMILES string of the molecule is O=C1C(Br)CCCN1Cc1cccc2cccnc12. The molecule has 1 aliphatic rings. The van der Waals surface area contributed by atoms with Crippen LogP contribution in [0.25, 0.3) is 10.9 Å². The first kappa shape index (κ1) is 12.6. The van der Waals surface area contributed by atoms with E-state index in [1.807, 2.05) is 17.0 Å². The monoisotopic (exact) mass is 318 g/mol. The van der Waals surface area contributed by atoms with Gasteiger partial charge in [0.05, 0.1) is 10.3 Å². The molecule has 0 bridgehead atoms. The normalized spacial score (nSPS) is 19.9. The predicted octanol–water partition coefficient (Wildman–Crippen LogP) is 3.12. The van der Waals surface area contributed by atoms with Crippen LogP contribution < -0.4 is 0 Å². The van der Waals surface area contributed by atoms with Crippen molar-refractivity contribution in [2.45, 2.75) is 24.2 Å². The number of rotatable bonds is 2. The van der Waals surface area contributed by atoms with E-state index < -0.39 is 0 Å². The minimum Gasteiger partial charge on any atom is -0.337 e. The zero-order valence-electron chi connectivity index (χ0n) is 10.6. The minimum absolute atomic E-state index is 0.0239. The van der Waals surface area contributed by atoms with Crippen molar-refractivity contribution in [1.29, 1.82) is 0 Å². The average molecular weight is 319 g/mol. The average Bonchev–Trinajstić information content (AvgIpc) is 2.44. The number of benzene rings is 1. The van der Waals surface area contributed by atoms with E-state index in [0.717, 1.165) is 35.9 Å². The van der Waals surface area contributed by atoms with E-state index in [2.05, 4.69) is 39.1 Å². The Labute approximate surface area is 120 Å². The van der Waals surface area contributed by atoms with E-state index in [-0.39, 0.29) is 10.7 Å². The van der Waals surface area contributed by atoms with Crippen molar-refractivity contribution in [3.63, 3.8) is 0 Å². The van der Waals surface area contributed by atoms with Gasteiger partial charge >= 0.3 is 0 Å². The lowest BCUT2D eigenvalue weighted by Crippen LogP contribution is -2.41. The quantitative estimate of drug-likeness (QED) is 0.797. The molecule has 98 valence electrons. The van der Waals surface area contributed by atoms with Gasteiger partial charge < -0.3 is 4.90 Å². The van der Waals surface area contributed by atoms with Gasteiger partial charge in [-0.25, -0.2) is 0 Å². The number of amides is 1. The predicted molar refractivity (Wildman–Crippen MR) is 79.1 cm³/mol. The van der Waals surface area contributed by atoms with Gasteiger partial charge in [0.15, 0.2) is 0 Å². The summed E-state index contributed by atoms with van der Waals surface area (Å²) in [6.45, 7) is 1.49. The molecule has 0 N–H and O–H groups in total. The zero-order valence-corrected chi connectivity index (χ0v) is 12.1. The lowest BCUT2D eigenvalue weighted by atomic mass is 10.1. The smallest absolute Gasteiger partial charge is 0.236 e. The Kier molecular flexibility index (Phi) is 3.51. The maximum atomic E-state index is 12.1. The lowest BCUT2D eigenvalue weighted by molar-refractivity contribution is -0.133. The van der Waals surface area contributed by atoms with Crippen LogP contribution in [-0.2, 0) is 11.3 Å². The number of pyridine rings is 1. The van der Waals surface area contributed by atoms with Gasteiger partial charge in [0.1, 0.15) is 0 Å². The van der Waals surface area contributed by atoms with Crippen LogP contribution in [0, 0.1) is 0 Å². The molecule has 1 aromatic carbocycles. The first-order chi connectivity index (χ1) is 9.25. The number of aromatic nitrogens is 1. The largest absolute Gasteiger partial charge is 0.337 e. The van der Waals surface area contributed by atoms with Crippen molar-refractivity contribution >= 4 is 32.7 Å². The van der Waals surface area contributed by atoms with Crippen LogP contribution in [0.15, 0.2) is 36.5 Å². The summed E-state index contributed by atoms with van der Waals surface area (Å²) >= 11 is 3.45. The van der Waals surface area contributed by atoms with E-state index in [1.165, 1.54) is 0 Å². The van der Waals surface area contributed by atoms with Gasteiger partial charge in [0.25, 0.3) is 0 Å². The highest BCUT2D eigenvalue weighted by molar-refractivity contribution is 9.10. The molecule has 1 aromatic heterocycles. The molecule has 1 amide bonds. The number of hydrogen-bond donors (Lipinski definition) is 0. The zero-order chi connectivity index (χ0) is 13.2. The molecule has 19 heavy (non-hydrogen) atoms. The molecule has 3 rings (SSSR count). The molecule has 0 spiro atoms. The van der Waals surface area contributed by atoms with Crippen molar-refractivity contribution in [2.75, 3.05) is 6.54 Å². The van der Waals surface area contributed by atoms with Crippen molar-refractivity contribution in [3.05, 3.63) is 42.1 Å². The first-order valence-corrected chi connectivity index (χ1v) is 7.43. The third-order valence-electron chi connectivity index (χ3n) is 3.54. The number of hydrogen-bond acceptors (Lipinski definition) is 2. The second kappa shape index (κ2) is 5.29. The summed E-state index contributed by atoms with van der Waals surface area (Å²) in [6, 6.07) is 10.1. The van der Waals surface area contributed by atoms with Crippen molar-refractivity contribution in [3.8, 4) is 0 Å². The van der Waals surface area contributed by atoms with Crippen molar-refractivity contribution in [2.24, 2.45) is 0 Å². The Morgan fingerprint density at radius 3 is 3.05 bits per heavy atom. The van der Waals surface area contributed by atoms with Gasteiger partial charge in [0.2, 0.25) is 5.91 Å². The number of carbonyl (C=O) groups excluding carboxylic acids is 1. The number of nitrogens with zero attached hydrogens (tertiary/aromatic N) is 2. The number of para-hydroxylation sites is 1. The lowest BCUT2D eigenvalue weighted by Gasteiger charge is -2.30. The van der Waals surface area contributed by atoms with Crippen molar-refractivity contribution < 1.29 is 4.79 Å². The molecule has 0 saturated carbocycles. The molecule has 0 aliphatic carbocycles. The summed E-state index contributed by atoms with van der Waals surface area (Å²) in [5, 5.41) is 1.12. The van der Waals surface area contributed by atoms with Gasteiger partial charge in [-0.1, -0.05) is 40.2 Å². The standard InChI is InChI=1S/C15H15BrN2O/c16-13-7-3-9-18(15(13)19)10-12-5-1-4-11-6-2-8-17-14(11)12/h1-2,4-6,8,13H,3,7,9-10H2. The molecule has 4 heteroatoms. The van der Waals surface area contributed by atoms with E-state index in [4.69, 9.17) is 0 Å². The summed E-state index contributed by atoms with van der Waals surface area (Å²) in [6.07, 6.45) is 3.79. The molecule has 0 radical (unpaired) electrons. The third-order valence-corrected chi connectivity index (χ3v) is 4.39. The van der Waals surface area contributed by atoms with Gasteiger partial charge in [-0.2, -0.15) is 0 Å². The van der Waals surface area contributed by atoms with E-state index >= 15 is 0 Å². The minimum atomic E-state index is -0.0239. The molecule has 1 atom stereocenters. The number of likely N-dealkylation sites (tertiary alicyclic amines) is 1. The summed E-state index contributed by atoms with van der Waals surface area (Å²) in [4.78, 5) is 18.5. The van der Waals surface area contributed by atoms with Crippen molar-refractivity contribution in [1.82, 2.24) is 9.88 Å². The summed E-state index contributed by atoms with van der Waals surface area (Å²) in [5.74, 6) is 0.194. The summed E-state index contributed by atoms with van der Waals surface area (Å²) in [7, 11) is 0. The van der Waals surface area contributed by atoms with E-state index in [9.17, 15) is 4.79 Å². The Hall–Kier alpha value is -1.42. The van der Waals surface area contributed by atoms with E-state index in [0.29, 0.717) is 6.54 Å². The van der Waals surface area contributed by atoms with Gasteiger partial charge in [-0.15, -0.1) is 0 Å². The number of alkyl halides is 1. The maximum Gasteiger partial charge on any atom is 0.236 e. The van der Waals surface area contributed by atoms with Crippen LogP contribution in [0.4, 0.5) is 0 Å². The number of fused-ring (bicyclic) bond motifs is 1. The second-order valence-electron chi connectivity index (χ2n) is 4.86. The summed E-state index contributed by atoms with van der Waals surface area (Å²) < 4.78 is 0. The molecule has 1 aliphatic heterocycles. The topological polar surface area (TPSA) is 33.2 Å². The Morgan fingerprint density at radius 1 is 1.32 bits per heavy atom. The third kappa shape index (κ3) is 2.50. The molecular formula is C15H15BrN2O.